The summed E-state index contributed by atoms with van der Waals surface area (Å²) in [5, 5.41) is 9.80. The Morgan fingerprint density at radius 1 is 1.20 bits per heavy atom. The summed E-state index contributed by atoms with van der Waals surface area (Å²) in [5.41, 5.74) is 3.40. The molecule has 0 bridgehead atoms. The highest BCUT2D eigenvalue weighted by atomic mass is 32.1. The number of carbonyl (C=O) groups excluding carboxylic acids is 3. The van der Waals surface area contributed by atoms with Crippen molar-refractivity contribution in [2.75, 3.05) is 11.9 Å². The molecule has 0 saturated carbocycles. The number of anilines is 1. The molecule has 2 aliphatic rings. The summed E-state index contributed by atoms with van der Waals surface area (Å²) >= 11 is 1.59. The summed E-state index contributed by atoms with van der Waals surface area (Å²) in [6, 6.07) is 9.95. The predicted octanol–water partition coefficient (Wildman–Crippen LogP) is 2.78. The second-order valence-electron chi connectivity index (χ2n) is 7.38. The number of nitrogens with zero attached hydrogens (tertiary/aromatic N) is 2. The van der Waals surface area contributed by atoms with E-state index >= 15 is 0 Å². The molecule has 2 atom stereocenters. The zero-order chi connectivity index (χ0) is 20.7. The molecule has 0 unspecified atom stereocenters. The van der Waals surface area contributed by atoms with Gasteiger partial charge in [0.2, 0.25) is 5.91 Å². The molecule has 1 saturated heterocycles. The quantitative estimate of drug-likeness (QED) is 0.684. The minimum Gasteiger partial charge on any atom is -0.347 e. The van der Waals surface area contributed by atoms with Crippen LogP contribution < -0.4 is 10.6 Å². The number of nitrogens with one attached hydrogen (secondary N) is 2. The number of pyridine rings is 1. The van der Waals surface area contributed by atoms with Crippen LogP contribution in [0.4, 0.5) is 5.69 Å². The Kier molecular flexibility index (Phi) is 4.55. The van der Waals surface area contributed by atoms with Gasteiger partial charge in [-0.25, -0.2) is 0 Å². The molecular formula is C22H18N4O3S. The molecule has 30 heavy (non-hydrogen) atoms. The lowest BCUT2D eigenvalue weighted by atomic mass is 10.0. The molecule has 2 aliphatic heterocycles. The van der Waals surface area contributed by atoms with Crippen molar-refractivity contribution in [2.24, 2.45) is 0 Å². The first-order chi connectivity index (χ1) is 14.6. The maximum Gasteiger partial charge on any atom is 0.256 e. The van der Waals surface area contributed by atoms with E-state index in [1.165, 1.54) is 6.20 Å². The van der Waals surface area contributed by atoms with Gasteiger partial charge in [0.15, 0.2) is 0 Å². The zero-order valence-electron chi connectivity index (χ0n) is 15.9. The summed E-state index contributed by atoms with van der Waals surface area (Å²) in [6.45, 7) is 0.283. The second kappa shape index (κ2) is 7.38. The first-order valence-electron chi connectivity index (χ1n) is 9.59. The number of hydrogen-bond acceptors (Lipinski definition) is 5. The van der Waals surface area contributed by atoms with Gasteiger partial charge in [-0.05, 0) is 58.6 Å². The van der Waals surface area contributed by atoms with Gasteiger partial charge in [-0.1, -0.05) is 6.07 Å². The van der Waals surface area contributed by atoms with Crippen LogP contribution in [-0.2, 0) is 4.79 Å². The van der Waals surface area contributed by atoms with E-state index < -0.39 is 6.04 Å². The maximum atomic E-state index is 13.3. The van der Waals surface area contributed by atoms with Crippen molar-refractivity contribution in [1.29, 1.82) is 0 Å². The highest BCUT2D eigenvalue weighted by Crippen LogP contribution is 2.32. The number of rotatable bonds is 3. The van der Waals surface area contributed by atoms with Gasteiger partial charge < -0.3 is 15.5 Å². The van der Waals surface area contributed by atoms with Crippen molar-refractivity contribution in [3.05, 3.63) is 70.7 Å². The van der Waals surface area contributed by atoms with E-state index in [0.29, 0.717) is 23.2 Å². The largest absolute Gasteiger partial charge is 0.347 e. The van der Waals surface area contributed by atoms with Gasteiger partial charge >= 0.3 is 0 Å². The van der Waals surface area contributed by atoms with Crippen molar-refractivity contribution in [3.63, 3.8) is 0 Å². The molecule has 3 aromatic rings. The molecule has 4 heterocycles. The van der Waals surface area contributed by atoms with Crippen LogP contribution in [0, 0.1) is 0 Å². The lowest BCUT2D eigenvalue weighted by Gasteiger charge is -2.20. The molecule has 8 heteroatoms. The van der Waals surface area contributed by atoms with Crippen molar-refractivity contribution < 1.29 is 14.4 Å². The van der Waals surface area contributed by atoms with Gasteiger partial charge in [-0.3, -0.25) is 19.4 Å². The van der Waals surface area contributed by atoms with Crippen molar-refractivity contribution in [2.45, 2.75) is 18.5 Å². The van der Waals surface area contributed by atoms with Crippen molar-refractivity contribution in [1.82, 2.24) is 15.2 Å². The fourth-order valence-corrected chi connectivity index (χ4v) is 4.65. The highest BCUT2D eigenvalue weighted by Gasteiger charge is 2.43. The van der Waals surface area contributed by atoms with E-state index in [1.807, 2.05) is 29.0 Å². The van der Waals surface area contributed by atoms with Gasteiger partial charge in [0, 0.05) is 25.0 Å². The predicted molar refractivity (Wildman–Crippen MR) is 113 cm³/mol. The number of thiophene rings is 1. The standard InChI is InChI=1S/C22H18N4O3S/c27-20(14-2-1-6-23-10-14)24-16-9-19-21(28)25-18-4-3-13(15-5-7-30-12-15)8-17(18)22(29)26(19)11-16/h1-8,10,12,16,19H,9,11H2,(H,24,27)(H,25,28)/t16-,19-/m0/s1. The van der Waals surface area contributed by atoms with Crippen molar-refractivity contribution in [3.8, 4) is 11.1 Å². The van der Waals surface area contributed by atoms with Crippen molar-refractivity contribution >= 4 is 34.7 Å². The van der Waals surface area contributed by atoms with Crippen LogP contribution >= 0.6 is 11.3 Å². The van der Waals surface area contributed by atoms with Gasteiger partial charge in [-0.15, -0.1) is 0 Å². The molecule has 1 aromatic carbocycles. The zero-order valence-corrected chi connectivity index (χ0v) is 16.7. The SMILES string of the molecule is O=C(N[C@H]1C[C@H]2C(=O)Nc3ccc(-c4ccsc4)cc3C(=O)N2C1)c1cccnc1. The molecular weight excluding hydrogens is 400 g/mol. The van der Waals surface area contributed by atoms with Crippen LogP contribution in [0.3, 0.4) is 0 Å². The lowest BCUT2D eigenvalue weighted by molar-refractivity contribution is -0.119. The van der Waals surface area contributed by atoms with Gasteiger partial charge in [-0.2, -0.15) is 11.3 Å². The Labute approximate surface area is 176 Å². The minimum atomic E-state index is -0.617. The number of amides is 3. The van der Waals surface area contributed by atoms with Crippen LogP contribution in [0.5, 0.6) is 0 Å². The topological polar surface area (TPSA) is 91.4 Å². The van der Waals surface area contributed by atoms with Crippen LogP contribution in [0.15, 0.2) is 59.6 Å². The Morgan fingerprint density at radius 2 is 2.10 bits per heavy atom. The molecule has 0 aliphatic carbocycles. The van der Waals surface area contributed by atoms with Crippen LogP contribution in [0.2, 0.25) is 0 Å². The summed E-state index contributed by atoms with van der Waals surface area (Å²) in [7, 11) is 0. The second-order valence-corrected chi connectivity index (χ2v) is 8.16. The van der Waals surface area contributed by atoms with Crippen LogP contribution in [-0.4, -0.2) is 46.2 Å². The monoisotopic (exact) mass is 418 g/mol. The lowest BCUT2D eigenvalue weighted by Crippen LogP contribution is -2.41. The maximum absolute atomic E-state index is 13.3. The van der Waals surface area contributed by atoms with Crippen LogP contribution in [0.25, 0.3) is 11.1 Å². The average molecular weight is 418 g/mol. The van der Waals surface area contributed by atoms with Gasteiger partial charge in [0.05, 0.1) is 16.8 Å². The van der Waals surface area contributed by atoms with E-state index in [-0.39, 0.29) is 30.3 Å². The number of carbonyl (C=O) groups is 3. The molecule has 5 rings (SSSR count). The normalized spacial score (nSPS) is 20.2. The smallest absolute Gasteiger partial charge is 0.256 e. The summed E-state index contributed by atoms with van der Waals surface area (Å²) in [5.74, 6) is -0.703. The van der Waals surface area contributed by atoms with Gasteiger partial charge in [0.25, 0.3) is 11.8 Å². The Morgan fingerprint density at radius 3 is 2.87 bits per heavy atom. The fraction of sp³-hybridized carbons (Fsp3) is 0.182. The Bertz CT molecular complexity index is 1130. The molecule has 2 aromatic heterocycles. The first-order valence-corrected chi connectivity index (χ1v) is 10.5. The van der Waals surface area contributed by atoms with E-state index in [0.717, 1.165) is 11.1 Å². The van der Waals surface area contributed by atoms with E-state index in [2.05, 4.69) is 15.6 Å². The van der Waals surface area contributed by atoms with Gasteiger partial charge in [0.1, 0.15) is 6.04 Å². The molecule has 0 radical (unpaired) electrons. The highest BCUT2D eigenvalue weighted by molar-refractivity contribution is 7.08. The Hall–Kier alpha value is -3.52. The molecule has 3 amide bonds. The third-order valence-electron chi connectivity index (χ3n) is 5.49. The summed E-state index contributed by atoms with van der Waals surface area (Å²) in [6.07, 6.45) is 3.46. The third kappa shape index (κ3) is 3.25. The fourth-order valence-electron chi connectivity index (χ4n) is 3.99. The van der Waals surface area contributed by atoms with Crippen LogP contribution in [0.1, 0.15) is 27.1 Å². The minimum absolute atomic E-state index is 0.205. The molecule has 2 N–H and O–H groups in total. The summed E-state index contributed by atoms with van der Waals surface area (Å²) in [4.78, 5) is 44.1. The number of hydrogen-bond donors (Lipinski definition) is 2. The first kappa shape index (κ1) is 18.5. The third-order valence-corrected chi connectivity index (χ3v) is 6.17. The number of aromatic nitrogens is 1. The molecule has 1 fully saturated rings. The number of benzene rings is 1. The molecule has 0 spiro atoms. The van der Waals surface area contributed by atoms with E-state index in [9.17, 15) is 14.4 Å². The van der Waals surface area contributed by atoms with E-state index in [1.54, 1.807) is 40.6 Å². The number of fused-ring (bicyclic) bond motifs is 2. The van der Waals surface area contributed by atoms with E-state index in [4.69, 9.17) is 0 Å². The molecule has 7 nitrogen and oxygen atoms in total. The Balaban J connectivity index is 1.40. The summed E-state index contributed by atoms with van der Waals surface area (Å²) < 4.78 is 0. The average Bonchev–Trinajstić information content (AvgIpc) is 3.43. The molecule has 150 valence electrons.